The standard InChI is InChI=1S/C17H28N2O/c1-3-19(12-13-20)17-10-8-16(9-11-17)18-15-6-4-14(2)5-7-15/h8-11,14-15,18,20H,3-7,12-13H2,1-2H3. The van der Waals surface area contributed by atoms with Gasteiger partial charge in [0.25, 0.3) is 0 Å². The third-order valence-electron chi connectivity index (χ3n) is 4.37. The Bertz CT molecular complexity index is 382. The molecule has 0 aromatic heterocycles. The highest BCUT2D eigenvalue weighted by Crippen LogP contribution is 2.26. The first kappa shape index (κ1) is 15.2. The van der Waals surface area contributed by atoms with Crippen LogP contribution in [0.2, 0.25) is 0 Å². The molecule has 20 heavy (non-hydrogen) atoms. The fraction of sp³-hybridized carbons (Fsp3) is 0.647. The summed E-state index contributed by atoms with van der Waals surface area (Å²) in [5, 5.41) is 12.7. The number of nitrogens with zero attached hydrogens (tertiary/aromatic N) is 1. The molecule has 1 aromatic carbocycles. The van der Waals surface area contributed by atoms with Gasteiger partial charge in [-0.2, -0.15) is 0 Å². The topological polar surface area (TPSA) is 35.5 Å². The van der Waals surface area contributed by atoms with Crippen LogP contribution in [-0.4, -0.2) is 30.8 Å². The molecule has 2 rings (SSSR count). The second kappa shape index (κ2) is 7.53. The molecule has 0 radical (unpaired) electrons. The lowest BCUT2D eigenvalue weighted by atomic mass is 9.87. The molecule has 0 amide bonds. The van der Waals surface area contributed by atoms with Crippen molar-refractivity contribution in [1.29, 1.82) is 0 Å². The quantitative estimate of drug-likeness (QED) is 0.835. The summed E-state index contributed by atoms with van der Waals surface area (Å²) in [6.07, 6.45) is 5.26. The fourth-order valence-electron chi connectivity index (χ4n) is 3.00. The van der Waals surface area contributed by atoms with Crippen molar-refractivity contribution in [3.05, 3.63) is 24.3 Å². The molecule has 1 aliphatic carbocycles. The average molecular weight is 276 g/mol. The smallest absolute Gasteiger partial charge is 0.0606 e. The molecule has 3 nitrogen and oxygen atoms in total. The number of anilines is 2. The van der Waals surface area contributed by atoms with Crippen molar-refractivity contribution >= 4 is 11.4 Å². The minimum atomic E-state index is 0.202. The molecule has 1 aliphatic rings. The monoisotopic (exact) mass is 276 g/mol. The number of benzene rings is 1. The number of rotatable bonds is 6. The van der Waals surface area contributed by atoms with E-state index in [-0.39, 0.29) is 6.61 Å². The lowest BCUT2D eigenvalue weighted by Crippen LogP contribution is -2.26. The van der Waals surface area contributed by atoms with Crippen molar-refractivity contribution in [2.75, 3.05) is 29.9 Å². The zero-order valence-corrected chi connectivity index (χ0v) is 12.8. The van der Waals surface area contributed by atoms with E-state index in [9.17, 15) is 0 Å². The average Bonchev–Trinajstić information content (AvgIpc) is 2.48. The summed E-state index contributed by atoms with van der Waals surface area (Å²) in [6, 6.07) is 9.25. The molecule has 0 atom stereocenters. The maximum Gasteiger partial charge on any atom is 0.0606 e. The Hall–Kier alpha value is -1.22. The van der Waals surface area contributed by atoms with Gasteiger partial charge in [0.15, 0.2) is 0 Å². The Balaban J connectivity index is 1.91. The van der Waals surface area contributed by atoms with E-state index in [0.29, 0.717) is 12.6 Å². The van der Waals surface area contributed by atoms with Gasteiger partial charge < -0.3 is 15.3 Å². The second-order valence-electron chi connectivity index (χ2n) is 5.95. The molecule has 0 unspecified atom stereocenters. The zero-order valence-electron chi connectivity index (χ0n) is 12.8. The van der Waals surface area contributed by atoms with Gasteiger partial charge in [-0.05, 0) is 62.8 Å². The summed E-state index contributed by atoms with van der Waals surface area (Å²) in [4.78, 5) is 2.19. The Morgan fingerprint density at radius 1 is 1.15 bits per heavy atom. The van der Waals surface area contributed by atoms with E-state index in [1.165, 1.54) is 37.1 Å². The number of hydrogen-bond donors (Lipinski definition) is 2. The van der Waals surface area contributed by atoms with Gasteiger partial charge in [-0.3, -0.25) is 0 Å². The molecule has 2 N–H and O–H groups in total. The number of hydrogen-bond acceptors (Lipinski definition) is 3. The van der Waals surface area contributed by atoms with E-state index < -0.39 is 0 Å². The summed E-state index contributed by atoms with van der Waals surface area (Å²) in [5.41, 5.74) is 2.40. The fourth-order valence-corrected chi connectivity index (χ4v) is 3.00. The summed E-state index contributed by atoms with van der Waals surface area (Å²) >= 11 is 0. The first-order chi connectivity index (χ1) is 9.72. The van der Waals surface area contributed by atoms with E-state index in [0.717, 1.165) is 12.5 Å². The van der Waals surface area contributed by atoms with E-state index >= 15 is 0 Å². The van der Waals surface area contributed by atoms with Crippen LogP contribution < -0.4 is 10.2 Å². The normalized spacial score (nSPS) is 22.6. The minimum absolute atomic E-state index is 0.202. The van der Waals surface area contributed by atoms with Crippen LogP contribution in [0.1, 0.15) is 39.5 Å². The third kappa shape index (κ3) is 4.14. The van der Waals surface area contributed by atoms with Gasteiger partial charge in [-0.1, -0.05) is 6.92 Å². The minimum Gasteiger partial charge on any atom is -0.395 e. The highest BCUT2D eigenvalue weighted by Gasteiger charge is 2.17. The van der Waals surface area contributed by atoms with E-state index in [1.807, 2.05) is 0 Å². The lowest BCUT2D eigenvalue weighted by molar-refractivity contribution is 0.302. The number of aliphatic hydroxyl groups excluding tert-OH is 1. The maximum atomic E-state index is 9.07. The van der Waals surface area contributed by atoms with Crippen molar-refractivity contribution in [3.63, 3.8) is 0 Å². The Morgan fingerprint density at radius 2 is 1.80 bits per heavy atom. The van der Waals surface area contributed by atoms with E-state index in [1.54, 1.807) is 0 Å². The van der Waals surface area contributed by atoms with Crippen LogP contribution in [-0.2, 0) is 0 Å². The predicted octanol–water partition coefficient (Wildman–Crippen LogP) is 3.50. The number of likely N-dealkylation sites (N-methyl/N-ethyl adjacent to an activating group) is 1. The molecular weight excluding hydrogens is 248 g/mol. The van der Waals surface area contributed by atoms with Gasteiger partial charge in [0, 0.05) is 30.5 Å². The molecule has 0 aliphatic heterocycles. The summed E-state index contributed by atoms with van der Waals surface area (Å²) in [5.74, 6) is 0.895. The molecular formula is C17H28N2O. The van der Waals surface area contributed by atoms with Crippen molar-refractivity contribution in [2.45, 2.75) is 45.6 Å². The zero-order chi connectivity index (χ0) is 14.4. The van der Waals surface area contributed by atoms with Gasteiger partial charge >= 0.3 is 0 Å². The third-order valence-corrected chi connectivity index (χ3v) is 4.37. The Kier molecular flexibility index (Phi) is 5.72. The van der Waals surface area contributed by atoms with Gasteiger partial charge in [-0.15, -0.1) is 0 Å². The molecule has 1 fully saturated rings. The van der Waals surface area contributed by atoms with E-state index in [2.05, 4.69) is 48.3 Å². The van der Waals surface area contributed by atoms with Crippen molar-refractivity contribution in [2.24, 2.45) is 5.92 Å². The van der Waals surface area contributed by atoms with Crippen LogP contribution in [0.4, 0.5) is 11.4 Å². The van der Waals surface area contributed by atoms with Gasteiger partial charge in [-0.25, -0.2) is 0 Å². The Morgan fingerprint density at radius 3 is 2.35 bits per heavy atom. The van der Waals surface area contributed by atoms with Crippen LogP contribution >= 0.6 is 0 Å². The van der Waals surface area contributed by atoms with Crippen LogP contribution in [0.3, 0.4) is 0 Å². The molecule has 3 heteroatoms. The molecule has 1 aromatic rings. The van der Waals surface area contributed by atoms with Gasteiger partial charge in [0.05, 0.1) is 6.61 Å². The summed E-state index contributed by atoms with van der Waals surface area (Å²) < 4.78 is 0. The highest BCUT2D eigenvalue weighted by atomic mass is 16.3. The second-order valence-corrected chi connectivity index (χ2v) is 5.95. The largest absolute Gasteiger partial charge is 0.395 e. The predicted molar refractivity (Wildman–Crippen MR) is 86.5 cm³/mol. The molecule has 0 heterocycles. The van der Waals surface area contributed by atoms with Gasteiger partial charge in [0.2, 0.25) is 0 Å². The summed E-state index contributed by atoms with van der Waals surface area (Å²) in [6.45, 7) is 6.29. The Labute approximate surface area is 123 Å². The maximum absolute atomic E-state index is 9.07. The first-order valence-corrected chi connectivity index (χ1v) is 7.95. The molecule has 0 spiro atoms. The molecule has 1 saturated carbocycles. The van der Waals surface area contributed by atoms with Gasteiger partial charge in [0.1, 0.15) is 0 Å². The molecule has 0 bridgehead atoms. The van der Waals surface area contributed by atoms with Crippen molar-refractivity contribution in [1.82, 2.24) is 0 Å². The molecule has 112 valence electrons. The molecule has 0 saturated heterocycles. The van der Waals surface area contributed by atoms with E-state index in [4.69, 9.17) is 5.11 Å². The first-order valence-electron chi connectivity index (χ1n) is 7.95. The van der Waals surface area contributed by atoms with Crippen molar-refractivity contribution in [3.8, 4) is 0 Å². The SMILES string of the molecule is CCN(CCO)c1ccc(NC2CCC(C)CC2)cc1. The van der Waals surface area contributed by atoms with Crippen LogP contribution in [0, 0.1) is 5.92 Å². The number of aliphatic hydroxyl groups is 1. The summed E-state index contributed by atoms with van der Waals surface area (Å²) in [7, 11) is 0. The van der Waals surface area contributed by atoms with Crippen LogP contribution in [0.5, 0.6) is 0 Å². The lowest BCUT2D eigenvalue weighted by Gasteiger charge is -2.28. The van der Waals surface area contributed by atoms with Crippen LogP contribution in [0.25, 0.3) is 0 Å². The highest BCUT2D eigenvalue weighted by molar-refractivity contribution is 5.55. The van der Waals surface area contributed by atoms with Crippen LogP contribution in [0.15, 0.2) is 24.3 Å². The van der Waals surface area contributed by atoms with Crippen molar-refractivity contribution < 1.29 is 5.11 Å². The number of nitrogens with one attached hydrogen (secondary N) is 1.